The van der Waals surface area contributed by atoms with Crippen molar-refractivity contribution in [3.63, 3.8) is 0 Å². The molecule has 0 saturated carbocycles. The Balaban J connectivity index is 1.85. The Bertz CT molecular complexity index is 337. The van der Waals surface area contributed by atoms with E-state index in [0.29, 0.717) is 32.1 Å². The van der Waals surface area contributed by atoms with Gasteiger partial charge in [0, 0.05) is 6.54 Å². The van der Waals surface area contributed by atoms with Gasteiger partial charge < -0.3 is 15.4 Å². The molecule has 0 bridgehead atoms. The van der Waals surface area contributed by atoms with Crippen LogP contribution in [0, 0.1) is 0 Å². The zero-order valence-corrected chi connectivity index (χ0v) is 7.59. The van der Waals surface area contributed by atoms with Crippen molar-refractivity contribution in [1.82, 2.24) is 19.9 Å². The number of carbonyl (C=O) groups excluding carboxylic acids is 1. The summed E-state index contributed by atoms with van der Waals surface area (Å²) in [5.41, 5.74) is 5.39. The van der Waals surface area contributed by atoms with E-state index >= 15 is 0 Å². The van der Waals surface area contributed by atoms with Gasteiger partial charge in [-0.3, -0.25) is 0 Å². The molecule has 7 nitrogen and oxygen atoms in total. The molecule has 1 saturated heterocycles. The van der Waals surface area contributed by atoms with Gasteiger partial charge in [0.2, 0.25) is 0 Å². The van der Waals surface area contributed by atoms with Gasteiger partial charge in [0.25, 0.3) is 0 Å². The number of nitrogens with two attached hydrogens (primary N) is 1. The molecule has 0 radical (unpaired) electrons. The van der Waals surface area contributed by atoms with E-state index in [2.05, 4.69) is 10.3 Å². The molecule has 2 rings (SSSR count). The number of ether oxygens (including phenoxy) is 1. The number of carbonyl (C=O) groups is 1. The Labute approximate surface area is 80.4 Å². The summed E-state index contributed by atoms with van der Waals surface area (Å²) in [5, 5.41) is 7.40. The maximum Gasteiger partial charge on any atom is 0.410 e. The molecule has 1 fully saturated rings. The number of cyclic esters (lactones) is 1. The third kappa shape index (κ3) is 1.76. The van der Waals surface area contributed by atoms with Gasteiger partial charge in [0.1, 0.15) is 6.61 Å². The molecule has 1 aliphatic heterocycles. The van der Waals surface area contributed by atoms with Crippen molar-refractivity contribution in [3.8, 4) is 0 Å². The number of amides is 1. The van der Waals surface area contributed by atoms with E-state index in [4.69, 9.17) is 10.5 Å². The predicted octanol–water partition coefficient (Wildman–Crippen LogP) is -0.687. The summed E-state index contributed by atoms with van der Waals surface area (Å²) in [6.07, 6.45) is 1.36. The van der Waals surface area contributed by atoms with E-state index < -0.39 is 0 Å². The van der Waals surface area contributed by atoms with E-state index in [9.17, 15) is 4.79 Å². The highest BCUT2D eigenvalue weighted by atomic mass is 16.6. The van der Waals surface area contributed by atoms with Crippen LogP contribution in [-0.4, -0.2) is 45.7 Å². The summed E-state index contributed by atoms with van der Waals surface area (Å²) in [6, 6.07) is 0. The minimum absolute atomic E-state index is 0.266. The number of nitrogen functional groups attached to an aromatic ring is 1. The molecule has 7 heteroatoms. The molecule has 2 heterocycles. The number of hydrogen-bond donors (Lipinski definition) is 1. The second kappa shape index (κ2) is 3.52. The minimum Gasteiger partial charge on any atom is -0.448 e. The van der Waals surface area contributed by atoms with E-state index in [1.165, 1.54) is 0 Å². The lowest BCUT2D eigenvalue weighted by Gasteiger charge is -2.11. The van der Waals surface area contributed by atoms with E-state index in [-0.39, 0.29) is 6.09 Å². The van der Waals surface area contributed by atoms with Crippen molar-refractivity contribution in [2.45, 2.75) is 6.54 Å². The second-order valence-electron chi connectivity index (χ2n) is 3.01. The Hall–Kier alpha value is -1.79. The smallest absolute Gasteiger partial charge is 0.410 e. The van der Waals surface area contributed by atoms with Crippen molar-refractivity contribution in [2.75, 3.05) is 25.4 Å². The van der Waals surface area contributed by atoms with Gasteiger partial charge >= 0.3 is 6.09 Å². The van der Waals surface area contributed by atoms with Crippen LogP contribution in [0.3, 0.4) is 0 Å². The third-order valence-electron chi connectivity index (χ3n) is 2.00. The average molecular weight is 197 g/mol. The van der Waals surface area contributed by atoms with Crippen molar-refractivity contribution in [3.05, 3.63) is 6.20 Å². The molecule has 0 spiro atoms. The fourth-order valence-electron chi connectivity index (χ4n) is 1.27. The molecule has 2 N–H and O–H groups in total. The molecule has 14 heavy (non-hydrogen) atoms. The number of hydrogen-bond acceptors (Lipinski definition) is 5. The fourth-order valence-corrected chi connectivity index (χ4v) is 1.27. The number of rotatable bonds is 3. The highest BCUT2D eigenvalue weighted by Gasteiger charge is 2.21. The van der Waals surface area contributed by atoms with Gasteiger partial charge in [-0.1, -0.05) is 5.21 Å². The van der Waals surface area contributed by atoms with E-state index in [0.717, 1.165) is 0 Å². The predicted molar refractivity (Wildman–Crippen MR) is 47.4 cm³/mol. The molecular formula is C7H11N5O2. The zero-order valence-electron chi connectivity index (χ0n) is 7.59. The molecule has 1 aromatic rings. The van der Waals surface area contributed by atoms with Gasteiger partial charge in [-0.25, -0.2) is 9.48 Å². The molecule has 0 aromatic carbocycles. The maximum atomic E-state index is 11.0. The molecule has 76 valence electrons. The molecular weight excluding hydrogens is 186 g/mol. The summed E-state index contributed by atoms with van der Waals surface area (Å²) >= 11 is 0. The van der Waals surface area contributed by atoms with Gasteiger partial charge in [-0.05, 0) is 0 Å². The highest BCUT2D eigenvalue weighted by Crippen LogP contribution is 2.03. The van der Waals surface area contributed by atoms with E-state index in [1.54, 1.807) is 15.8 Å². The molecule has 1 amide bonds. The molecule has 1 aliphatic rings. The Kier molecular flexibility index (Phi) is 2.21. The van der Waals surface area contributed by atoms with Crippen molar-refractivity contribution < 1.29 is 9.53 Å². The van der Waals surface area contributed by atoms with Crippen molar-refractivity contribution >= 4 is 11.9 Å². The van der Waals surface area contributed by atoms with Gasteiger partial charge in [-0.15, -0.1) is 5.10 Å². The van der Waals surface area contributed by atoms with Gasteiger partial charge in [-0.2, -0.15) is 0 Å². The third-order valence-corrected chi connectivity index (χ3v) is 2.00. The fraction of sp³-hybridized carbons (Fsp3) is 0.571. The summed E-state index contributed by atoms with van der Waals surface area (Å²) in [6.45, 7) is 2.27. The summed E-state index contributed by atoms with van der Waals surface area (Å²) < 4.78 is 6.37. The lowest BCUT2D eigenvalue weighted by molar-refractivity contribution is 0.157. The number of aromatic nitrogens is 3. The van der Waals surface area contributed by atoms with Gasteiger partial charge in [0.15, 0.2) is 5.82 Å². The minimum atomic E-state index is -0.266. The van der Waals surface area contributed by atoms with Crippen LogP contribution >= 0.6 is 0 Å². The lowest BCUT2D eigenvalue weighted by atomic mass is 10.5. The van der Waals surface area contributed by atoms with Crippen LogP contribution in [0.5, 0.6) is 0 Å². The summed E-state index contributed by atoms with van der Waals surface area (Å²) in [7, 11) is 0. The van der Waals surface area contributed by atoms with Crippen LogP contribution in [0.1, 0.15) is 0 Å². The van der Waals surface area contributed by atoms with Crippen LogP contribution in [0.25, 0.3) is 0 Å². The normalized spacial score (nSPS) is 16.0. The Morgan fingerprint density at radius 3 is 3.00 bits per heavy atom. The zero-order chi connectivity index (χ0) is 9.97. The van der Waals surface area contributed by atoms with Crippen LogP contribution < -0.4 is 5.73 Å². The van der Waals surface area contributed by atoms with Crippen LogP contribution in [0.2, 0.25) is 0 Å². The topological polar surface area (TPSA) is 86.3 Å². The number of nitrogens with zero attached hydrogens (tertiary/aromatic N) is 4. The lowest BCUT2D eigenvalue weighted by Crippen LogP contribution is -2.28. The maximum absolute atomic E-state index is 11.0. The van der Waals surface area contributed by atoms with Crippen LogP contribution in [0.15, 0.2) is 6.20 Å². The van der Waals surface area contributed by atoms with Crippen molar-refractivity contribution in [2.24, 2.45) is 0 Å². The summed E-state index contributed by atoms with van der Waals surface area (Å²) in [5.74, 6) is 0.383. The van der Waals surface area contributed by atoms with Crippen LogP contribution in [0.4, 0.5) is 10.6 Å². The molecule has 1 aromatic heterocycles. The first-order chi connectivity index (χ1) is 6.75. The quantitative estimate of drug-likeness (QED) is 0.693. The Morgan fingerprint density at radius 1 is 1.57 bits per heavy atom. The monoisotopic (exact) mass is 197 g/mol. The van der Waals surface area contributed by atoms with E-state index in [1.807, 2.05) is 0 Å². The standard InChI is InChI=1S/C7H11N5O2/c8-6-5-12(10-9-6)2-1-11-3-4-14-7(11)13/h5H,1-4,8H2. The first kappa shape index (κ1) is 8.79. The first-order valence-electron chi connectivity index (χ1n) is 4.33. The number of anilines is 1. The van der Waals surface area contributed by atoms with Crippen LogP contribution in [-0.2, 0) is 11.3 Å². The SMILES string of the molecule is Nc1cn(CCN2CCOC2=O)nn1. The summed E-state index contributed by atoms with van der Waals surface area (Å²) in [4.78, 5) is 12.7. The highest BCUT2D eigenvalue weighted by molar-refractivity contribution is 5.69. The molecule has 0 aliphatic carbocycles. The molecule has 0 unspecified atom stereocenters. The second-order valence-corrected chi connectivity index (χ2v) is 3.01. The molecule has 0 atom stereocenters. The van der Waals surface area contributed by atoms with Crippen molar-refractivity contribution in [1.29, 1.82) is 0 Å². The average Bonchev–Trinajstić information content (AvgIpc) is 2.72. The first-order valence-corrected chi connectivity index (χ1v) is 4.33. The Morgan fingerprint density at radius 2 is 2.43 bits per heavy atom. The van der Waals surface area contributed by atoms with Gasteiger partial charge in [0.05, 0.1) is 19.3 Å². The largest absolute Gasteiger partial charge is 0.448 e.